The van der Waals surface area contributed by atoms with E-state index in [4.69, 9.17) is 11.6 Å². The molecule has 0 unspecified atom stereocenters. The highest BCUT2D eigenvalue weighted by Crippen LogP contribution is 2.17. The van der Waals surface area contributed by atoms with Gasteiger partial charge in [-0.25, -0.2) is 0 Å². The summed E-state index contributed by atoms with van der Waals surface area (Å²) in [7, 11) is 0. The van der Waals surface area contributed by atoms with Gasteiger partial charge in [-0.15, -0.1) is 0 Å². The van der Waals surface area contributed by atoms with Crippen LogP contribution < -0.4 is 10.6 Å². The Kier molecular flexibility index (Phi) is 6.72. The molecule has 1 saturated carbocycles. The predicted molar refractivity (Wildman–Crippen MR) is 88.0 cm³/mol. The van der Waals surface area contributed by atoms with Gasteiger partial charge in [0.05, 0.1) is 10.6 Å². The molecule has 0 atom stereocenters. The number of hydrogen-bond acceptors (Lipinski definition) is 2. The lowest BCUT2D eigenvalue weighted by Gasteiger charge is -2.16. The van der Waals surface area contributed by atoms with E-state index in [1.807, 2.05) is 0 Å². The number of amides is 2. The Morgan fingerprint density at radius 3 is 2.45 bits per heavy atom. The van der Waals surface area contributed by atoms with Gasteiger partial charge >= 0.3 is 0 Å². The molecule has 0 saturated heterocycles. The van der Waals surface area contributed by atoms with Gasteiger partial charge in [0.25, 0.3) is 5.91 Å². The van der Waals surface area contributed by atoms with E-state index in [-0.39, 0.29) is 11.8 Å². The Labute approximate surface area is 136 Å². The van der Waals surface area contributed by atoms with Crippen LogP contribution in [0.4, 0.5) is 0 Å². The molecule has 1 fully saturated rings. The molecule has 0 aromatic heterocycles. The lowest BCUT2D eigenvalue weighted by Crippen LogP contribution is -2.36. The maximum atomic E-state index is 12.0. The van der Waals surface area contributed by atoms with E-state index < -0.39 is 0 Å². The molecule has 2 amide bonds. The van der Waals surface area contributed by atoms with Gasteiger partial charge in [-0.05, 0) is 25.0 Å². The fourth-order valence-corrected chi connectivity index (χ4v) is 2.98. The van der Waals surface area contributed by atoms with Crippen molar-refractivity contribution in [1.29, 1.82) is 0 Å². The van der Waals surface area contributed by atoms with E-state index in [2.05, 4.69) is 10.6 Å². The summed E-state index contributed by atoms with van der Waals surface area (Å²) in [6, 6.07) is 7.19. The van der Waals surface area contributed by atoms with Crippen molar-refractivity contribution in [2.24, 2.45) is 0 Å². The second kappa shape index (κ2) is 8.79. The van der Waals surface area contributed by atoms with Gasteiger partial charge in [0, 0.05) is 19.0 Å². The average molecular weight is 323 g/mol. The zero-order valence-electron chi connectivity index (χ0n) is 12.7. The van der Waals surface area contributed by atoms with Crippen molar-refractivity contribution >= 4 is 23.4 Å². The molecule has 0 heterocycles. The highest BCUT2D eigenvalue weighted by Gasteiger charge is 2.15. The Morgan fingerprint density at radius 2 is 1.77 bits per heavy atom. The highest BCUT2D eigenvalue weighted by atomic mass is 35.5. The van der Waals surface area contributed by atoms with Crippen LogP contribution in [0.1, 0.15) is 55.3 Å². The number of nitrogens with one attached hydrogen (secondary N) is 2. The van der Waals surface area contributed by atoms with Gasteiger partial charge in [0.15, 0.2) is 0 Å². The minimum absolute atomic E-state index is 0.00589. The van der Waals surface area contributed by atoms with E-state index >= 15 is 0 Å². The molecule has 1 aliphatic rings. The molecule has 1 aromatic carbocycles. The third kappa shape index (κ3) is 5.34. The molecule has 4 nitrogen and oxygen atoms in total. The largest absolute Gasteiger partial charge is 0.353 e. The standard InChI is InChI=1S/C17H23ClN2O2/c18-15-10-6-5-9-14(15)17(22)19-12-11-16(21)20-13-7-3-1-2-4-8-13/h5-6,9-10,13H,1-4,7-8,11-12H2,(H,19,22)(H,20,21). The number of rotatable bonds is 5. The first-order valence-corrected chi connectivity index (χ1v) is 8.36. The fraction of sp³-hybridized carbons (Fsp3) is 0.529. The van der Waals surface area contributed by atoms with Gasteiger partial charge < -0.3 is 10.6 Å². The first-order chi connectivity index (χ1) is 10.7. The average Bonchev–Trinajstić information content (AvgIpc) is 2.76. The summed E-state index contributed by atoms with van der Waals surface area (Å²) in [5.74, 6) is -0.237. The summed E-state index contributed by atoms with van der Waals surface area (Å²) in [6.07, 6.45) is 7.34. The third-order valence-electron chi connectivity index (χ3n) is 3.98. The monoisotopic (exact) mass is 322 g/mol. The van der Waals surface area contributed by atoms with Crippen molar-refractivity contribution in [3.05, 3.63) is 34.9 Å². The number of hydrogen-bond donors (Lipinski definition) is 2. The quantitative estimate of drug-likeness (QED) is 0.817. The zero-order valence-corrected chi connectivity index (χ0v) is 13.5. The molecule has 1 aliphatic carbocycles. The third-order valence-corrected chi connectivity index (χ3v) is 4.31. The van der Waals surface area contributed by atoms with Crippen LogP contribution in [0, 0.1) is 0 Å². The van der Waals surface area contributed by atoms with Crippen molar-refractivity contribution in [3.63, 3.8) is 0 Å². The molecule has 5 heteroatoms. The maximum absolute atomic E-state index is 12.0. The van der Waals surface area contributed by atoms with Gasteiger partial charge in [0.1, 0.15) is 0 Å². The molecule has 2 N–H and O–H groups in total. The summed E-state index contributed by atoms with van der Waals surface area (Å²) in [5, 5.41) is 6.22. The second-order valence-electron chi connectivity index (χ2n) is 5.74. The minimum atomic E-state index is -0.243. The van der Waals surface area contributed by atoms with Crippen molar-refractivity contribution in [3.8, 4) is 0 Å². The van der Waals surface area contributed by atoms with Crippen LogP contribution in [0.15, 0.2) is 24.3 Å². The SMILES string of the molecule is O=C(CCNC(=O)c1ccccc1Cl)NC1CCCCCC1. The first kappa shape index (κ1) is 16.8. The van der Waals surface area contributed by atoms with E-state index in [1.165, 1.54) is 25.7 Å². The summed E-state index contributed by atoms with van der Waals surface area (Å²) in [5.41, 5.74) is 0.438. The Hall–Kier alpha value is -1.55. The van der Waals surface area contributed by atoms with Crippen LogP contribution in [0.2, 0.25) is 5.02 Å². The minimum Gasteiger partial charge on any atom is -0.353 e. The Morgan fingerprint density at radius 1 is 1.09 bits per heavy atom. The van der Waals surface area contributed by atoms with Gasteiger partial charge in [-0.2, -0.15) is 0 Å². The van der Waals surface area contributed by atoms with Crippen LogP contribution >= 0.6 is 11.6 Å². The van der Waals surface area contributed by atoms with E-state index in [1.54, 1.807) is 24.3 Å². The number of carbonyl (C=O) groups is 2. The molecular formula is C17H23ClN2O2. The van der Waals surface area contributed by atoms with Crippen LogP contribution in [-0.4, -0.2) is 24.4 Å². The molecular weight excluding hydrogens is 300 g/mol. The topological polar surface area (TPSA) is 58.2 Å². The molecule has 0 aliphatic heterocycles. The summed E-state index contributed by atoms with van der Waals surface area (Å²) in [6.45, 7) is 0.322. The number of benzene rings is 1. The predicted octanol–water partition coefficient (Wildman–Crippen LogP) is 3.30. The van der Waals surface area contributed by atoms with Crippen LogP contribution in [-0.2, 0) is 4.79 Å². The van der Waals surface area contributed by atoms with E-state index in [0.29, 0.717) is 29.6 Å². The van der Waals surface area contributed by atoms with Crippen LogP contribution in [0.3, 0.4) is 0 Å². The fourth-order valence-electron chi connectivity index (χ4n) is 2.75. The Balaban J connectivity index is 1.70. The second-order valence-corrected chi connectivity index (χ2v) is 6.15. The van der Waals surface area contributed by atoms with E-state index in [0.717, 1.165) is 12.8 Å². The Bertz CT molecular complexity index is 511. The lowest BCUT2D eigenvalue weighted by atomic mass is 10.1. The van der Waals surface area contributed by atoms with Crippen LogP contribution in [0.25, 0.3) is 0 Å². The van der Waals surface area contributed by atoms with Crippen molar-refractivity contribution < 1.29 is 9.59 Å². The first-order valence-electron chi connectivity index (χ1n) is 7.99. The van der Waals surface area contributed by atoms with Crippen molar-refractivity contribution in [2.75, 3.05) is 6.54 Å². The number of halogens is 1. The van der Waals surface area contributed by atoms with Gasteiger partial charge in [0.2, 0.25) is 5.91 Å². The molecule has 0 bridgehead atoms. The molecule has 1 aromatic rings. The molecule has 2 rings (SSSR count). The summed E-state index contributed by atoms with van der Waals surface area (Å²) >= 11 is 5.96. The van der Waals surface area contributed by atoms with Gasteiger partial charge in [-0.3, -0.25) is 9.59 Å². The zero-order chi connectivity index (χ0) is 15.8. The van der Waals surface area contributed by atoms with Gasteiger partial charge in [-0.1, -0.05) is 49.4 Å². The smallest absolute Gasteiger partial charge is 0.252 e. The molecule has 22 heavy (non-hydrogen) atoms. The van der Waals surface area contributed by atoms with Crippen LogP contribution in [0.5, 0.6) is 0 Å². The normalized spacial score (nSPS) is 15.9. The van der Waals surface area contributed by atoms with Crippen molar-refractivity contribution in [1.82, 2.24) is 10.6 Å². The maximum Gasteiger partial charge on any atom is 0.252 e. The summed E-state index contributed by atoms with van der Waals surface area (Å²) in [4.78, 5) is 23.9. The van der Waals surface area contributed by atoms with E-state index in [9.17, 15) is 9.59 Å². The van der Waals surface area contributed by atoms with Crippen molar-refractivity contribution in [2.45, 2.75) is 51.0 Å². The summed E-state index contributed by atoms with van der Waals surface area (Å²) < 4.78 is 0. The molecule has 0 spiro atoms. The molecule has 0 radical (unpaired) electrons. The highest BCUT2D eigenvalue weighted by molar-refractivity contribution is 6.33. The molecule has 120 valence electrons. The number of carbonyl (C=O) groups excluding carboxylic acids is 2. The lowest BCUT2D eigenvalue weighted by molar-refractivity contribution is -0.121.